The van der Waals surface area contributed by atoms with Gasteiger partial charge in [0, 0.05) is 23.2 Å². The monoisotopic (exact) mass is 263 g/mol. The molecular formula is C16H25NS. The van der Waals surface area contributed by atoms with Gasteiger partial charge in [-0.1, -0.05) is 19.9 Å². The lowest BCUT2D eigenvalue weighted by molar-refractivity contribution is 0.438. The van der Waals surface area contributed by atoms with Gasteiger partial charge in [0.05, 0.1) is 0 Å². The first-order valence-corrected chi connectivity index (χ1v) is 8.13. The molecule has 0 fully saturated rings. The number of rotatable bonds is 6. The maximum absolute atomic E-state index is 3.58. The molecule has 1 unspecified atom stereocenters. The molecule has 1 atom stereocenters. The second kappa shape index (κ2) is 6.63. The van der Waals surface area contributed by atoms with E-state index in [0.717, 1.165) is 18.2 Å². The Morgan fingerprint density at radius 1 is 1.17 bits per heavy atom. The zero-order valence-electron chi connectivity index (χ0n) is 11.8. The van der Waals surface area contributed by atoms with Crippen LogP contribution in [0.2, 0.25) is 0 Å². The van der Waals surface area contributed by atoms with Crippen LogP contribution in [-0.4, -0.2) is 18.3 Å². The lowest BCUT2D eigenvalue weighted by Crippen LogP contribution is -2.32. The Morgan fingerprint density at radius 2 is 1.94 bits per heavy atom. The Balaban J connectivity index is 1.74. The Morgan fingerprint density at radius 3 is 2.72 bits per heavy atom. The average Bonchev–Trinajstić information content (AvgIpc) is 2.81. The van der Waals surface area contributed by atoms with Crippen molar-refractivity contribution in [1.82, 2.24) is 5.32 Å². The molecule has 100 valence electrons. The first kappa shape index (κ1) is 14.0. The largest absolute Gasteiger partial charge is 0.313 e. The summed E-state index contributed by atoms with van der Waals surface area (Å²) in [6.45, 7) is 7.91. The molecule has 1 aliphatic carbocycles. The van der Waals surface area contributed by atoms with Gasteiger partial charge in [0.2, 0.25) is 0 Å². The molecule has 0 bridgehead atoms. The van der Waals surface area contributed by atoms with Crippen LogP contribution in [0, 0.1) is 5.92 Å². The molecule has 0 amide bonds. The Hall–Kier alpha value is -0.470. The molecule has 0 spiro atoms. The molecule has 0 saturated heterocycles. The number of hydrogen-bond donors (Lipinski definition) is 1. The first-order valence-electron chi connectivity index (χ1n) is 7.15. The van der Waals surface area contributed by atoms with Crippen molar-refractivity contribution < 1.29 is 0 Å². The fourth-order valence-electron chi connectivity index (χ4n) is 2.33. The van der Waals surface area contributed by atoms with E-state index in [1.165, 1.54) is 24.2 Å². The second-order valence-electron chi connectivity index (χ2n) is 5.62. The van der Waals surface area contributed by atoms with Gasteiger partial charge in [-0.05, 0) is 55.4 Å². The van der Waals surface area contributed by atoms with E-state index >= 15 is 0 Å². The molecule has 0 saturated carbocycles. The predicted octanol–water partition coefficient (Wildman–Crippen LogP) is 3.90. The zero-order chi connectivity index (χ0) is 13.0. The van der Waals surface area contributed by atoms with Crippen LogP contribution in [0.25, 0.3) is 0 Å². The number of hydrogen-bond acceptors (Lipinski definition) is 2. The van der Waals surface area contributed by atoms with Crippen LogP contribution < -0.4 is 5.32 Å². The highest BCUT2D eigenvalue weighted by Crippen LogP contribution is 2.27. The zero-order valence-corrected chi connectivity index (χ0v) is 12.6. The smallest absolute Gasteiger partial charge is 0.0106 e. The van der Waals surface area contributed by atoms with Crippen molar-refractivity contribution in [1.29, 1.82) is 0 Å². The number of aryl methyl sites for hydroxylation is 2. The molecule has 1 N–H and O–H groups in total. The summed E-state index contributed by atoms with van der Waals surface area (Å²) in [5.74, 6) is 1.88. The van der Waals surface area contributed by atoms with E-state index < -0.39 is 0 Å². The minimum Gasteiger partial charge on any atom is -0.313 e. The van der Waals surface area contributed by atoms with Gasteiger partial charge in [0.25, 0.3) is 0 Å². The summed E-state index contributed by atoms with van der Waals surface area (Å²) in [7, 11) is 0. The first-order chi connectivity index (χ1) is 8.66. The van der Waals surface area contributed by atoms with Crippen LogP contribution in [0.4, 0.5) is 0 Å². The van der Waals surface area contributed by atoms with Crippen molar-refractivity contribution >= 4 is 11.8 Å². The molecule has 0 heterocycles. The van der Waals surface area contributed by atoms with Crippen molar-refractivity contribution in [2.75, 3.05) is 12.3 Å². The summed E-state index contributed by atoms with van der Waals surface area (Å²) in [5, 5.41) is 3.58. The van der Waals surface area contributed by atoms with Crippen LogP contribution in [0.1, 0.15) is 38.3 Å². The Kier molecular flexibility index (Phi) is 5.13. The minimum atomic E-state index is 0.616. The van der Waals surface area contributed by atoms with E-state index in [-0.39, 0.29) is 0 Å². The third-order valence-corrected chi connectivity index (χ3v) is 4.90. The summed E-state index contributed by atoms with van der Waals surface area (Å²) in [5.41, 5.74) is 3.16. The molecule has 0 aliphatic heterocycles. The molecule has 2 rings (SSSR count). The van der Waals surface area contributed by atoms with E-state index in [0.29, 0.717) is 6.04 Å². The number of fused-ring (bicyclic) bond motifs is 1. The summed E-state index contributed by atoms with van der Waals surface area (Å²) < 4.78 is 0. The van der Waals surface area contributed by atoms with Crippen molar-refractivity contribution in [3.63, 3.8) is 0 Å². The lowest BCUT2D eigenvalue weighted by Gasteiger charge is -2.17. The van der Waals surface area contributed by atoms with Gasteiger partial charge < -0.3 is 5.32 Å². The Bertz CT molecular complexity index is 387. The van der Waals surface area contributed by atoms with E-state index in [4.69, 9.17) is 0 Å². The minimum absolute atomic E-state index is 0.616. The van der Waals surface area contributed by atoms with Crippen molar-refractivity contribution in [3.05, 3.63) is 29.3 Å². The molecular weight excluding hydrogens is 238 g/mol. The molecule has 0 aromatic heterocycles. The highest BCUT2D eigenvalue weighted by molar-refractivity contribution is 7.99. The number of benzene rings is 1. The predicted molar refractivity (Wildman–Crippen MR) is 81.5 cm³/mol. The highest BCUT2D eigenvalue weighted by atomic mass is 32.2. The van der Waals surface area contributed by atoms with Crippen molar-refractivity contribution in [3.8, 4) is 0 Å². The van der Waals surface area contributed by atoms with Gasteiger partial charge in [-0.3, -0.25) is 0 Å². The van der Waals surface area contributed by atoms with Gasteiger partial charge in [-0.15, -0.1) is 11.8 Å². The van der Waals surface area contributed by atoms with Gasteiger partial charge in [0.1, 0.15) is 0 Å². The summed E-state index contributed by atoms with van der Waals surface area (Å²) >= 11 is 1.98. The maximum atomic E-state index is 3.58. The highest BCUT2D eigenvalue weighted by Gasteiger charge is 2.11. The number of nitrogens with one attached hydrogen (secondary N) is 1. The molecule has 1 aliphatic rings. The van der Waals surface area contributed by atoms with Gasteiger partial charge >= 0.3 is 0 Å². The maximum Gasteiger partial charge on any atom is 0.0106 e. The second-order valence-corrected chi connectivity index (χ2v) is 6.79. The van der Waals surface area contributed by atoms with Crippen molar-refractivity contribution in [2.45, 2.75) is 51.0 Å². The van der Waals surface area contributed by atoms with E-state index in [9.17, 15) is 0 Å². The molecule has 1 aromatic rings. The lowest BCUT2D eigenvalue weighted by atomic mass is 10.1. The number of thioether (sulfide) groups is 1. The van der Waals surface area contributed by atoms with E-state index in [1.54, 1.807) is 11.1 Å². The topological polar surface area (TPSA) is 12.0 Å². The van der Waals surface area contributed by atoms with Gasteiger partial charge in [0.15, 0.2) is 0 Å². The van der Waals surface area contributed by atoms with Gasteiger partial charge in [-0.2, -0.15) is 0 Å². The van der Waals surface area contributed by atoms with Crippen LogP contribution in [-0.2, 0) is 12.8 Å². The molecule has 0 radical (unpaired) electrons. The summed E-state index contributed by atoms with van der Waals surface area (Å²) in [6, 6.07) is 7.64. The van der Waals surface area contributed by atoms with E-state index in [2.05, 4.69) is 44.3 Å². The fraction of sp³-hybridized carbons (Fsp3) is 0.625. The SMILES string of the molecule is CC(C)C(C)NCCSc1ccc2c(c1)CCC2. The van der Waals surface area contributed by atoms with E-state index in [1.807, 2.05) is 11.8 Å². The third-order valence-electron chi connectivity index (χ3n) is 3.91. The van der Waals surface area contributed by atoms with Crippen molar-refractivity contribution in [2.24, 2.45) is 5.92 Å². The standard InChI is InChI=1S/C16H25NS/c1-12(2)13(3)17-9-10-18-16-8-7-14-5-4-6-15(14)11-16/h7-8,11-13,17H,4-6,9-10H2,1-3H3. The normalized spacial score (nSPS) is 16.0. The van der Waals surface area contributed by atoms with Crippen LogP contribution in [0.3, 0.4) is 0 Å². The van der Waals surface area contributed by atoms with Crippen LogP contribution in [0.15, 0.2) is 23.1 Å². The summed E-state index contributed by atoms with van der Waals surface area (Å²) in [6.07, 6.45) is 3.91. The molecule has 1 nitrogen and oxygen atoms in total. The molecule has 18 heavy (non-hydrogen) atoms. The molecule has 2 heteroatoms. The quantitative estimate of drug-likeness (QED) is 0.617. The Labute approximate surface area is 116 Å². The van der Waals surface area contributed by atoms with Gasteiger partial charge in [-0.25, -0.2) is 0 Å². The fourth-order valence-corrected chi connectivity index (χ4v) is 3.17. The third kappa shape index (κ3) is 3.76. The summed E-state index contributed by atoms with van der Waals surface area (Å²) in [4.78, 5) is 1.44. The average molecular weight is 263 g/mol. The van der Waals surface area contributed by atoms with Crippen LogP contribution >= 0.6 is 11.8 Å². The molecule has 1 aromatic carbocycles. The van der Waals surface area contributed by atoms with Crippen LogP contribution in [0.5, 0.6) is 0 Å².